The molecular weight excluding hydrogens is 438 g/mol. The predicted molar refractivity (Wildman–Crippen MR) is 123 cm³/mol. The van der Waals surface area contributed by atoms with Gasteiger partial charge in [-0.3, -0.25) is 4.79 Å². The molecule has 0 aromatic rings. The second kappa shape index (κ2) is 12.6. The molecule has 1 fully saturated rings. The molecule has 3 aliphatic rings. The first-order valence-electron chi connectivity index (χ1n) is 10.8. The molecule has 32 heavy (non-hydrogen) atoms. The number of aliphatic imine (C=N–C) groups is 1. The third-order valence-corrected chi connectivity index (χ3v) is 5.13. The van der Waals surface area contributed by atoms with Gasteiger partial charge < -0.3 is 15.1 Å². The van der Waals surface area contributed by atoms with Crippen LogP contribution in [0.15, 0.2) is 64.1 Å². The van der Waals surface area contributed by atoms with Crippen LogP contribution < -0.4 is 10.8 Å². The summed E-state index contributed by atoms with van der Waals surface area (Å²) < 4.78 is 27.3. The fourth-order valence-electron chi connectivity index (χ4n) is 3.53. The van der Waals surface area contributed by atoms with Gasteiger partial charge in [-0.2, -0.15) is 0 Å². The zero-order valence-corrected chi connectivity index (χ0v) is 19.5. The van der Waals surface area contributed by atoms with E-state index in [-0.39, 0.29) is 24.4 Å². The summed E-state index contributed by atoms with van der Waals surface area (Å²) in [7, 11) is 0. The van der Waals surface area contributed by atoms with Crippen LogP contribution in [-0.4, -0.2) is 29.4 Å². The van der Waals surface area contributed by atoms with Gasteiger partial charge in [0.1, 0.15) is 6.17 Å². The maximum Gasteiger partial charge on any atom is 0.227 e. The van der Waals surface area contributed by atoms with E-state index in [1.165, 1.54) is 6.08 Å². The maximum atomic E-state index is 13.8. The Morgan fingerprint density at radius 2 is 2.19 bits per heavy atom. The molecule has 0 saturated carbocycles. The van der Waals surface area contributed by atoms with Gasteiger partial charge in [0, 0.05) is 47.9 Å². The maximum absolute atomic E-state index is 13.8. The molecule has 3 rings (SSSR count). The lowest BCUT2D eigenvalue weighted by atomic mass is 9.97. The van der Waals surface area contributed by atoms with E-state index in [0.29, 0.717) is 41.7 Å². The van der Waals surface area contributed by atoms with E-state index >= 15 is 0 Å². The number of carbonyl (C=O) groups excluding carboxylic acids is 1. The van der Waals surface area contributed by atoms with Crippen LogP contribution in [0.3, 0.4) is 0 Å². The molecule has 0 aromatic heterocycles. The minimum atomic E-state index is -0.958. The molecule has 9 heteroatoms. The molecule has 6 nitrogen and oxygen atoms in total. The normalized spacial score (nSPS) is 24.0. The summed E-state index contributed by atoms with van der Waals surface area (Å²) >= 11 is 5.78. The molecule has 2 N–H and O–H groups in total. The van der Waals surface area contributed by atoms with E-state index in [1.807, 2.05) is 13.8 Å². The van der Waals surface area contributed by atoms with Crippen molar-refractivity contribution in [2.45, 2.75) is 59.0 Å². The summed E-state index contributed by atoms with van der Waals surface area (Å²) in [5.74, 6) is -1.60. The molecule has 0 aromatic carbocycles. The highest BCUT2D eigenvalue weighted by atomic mass is 35.5. The molecule has 2 heterocycles. The Balaban J connectivity index is 0.00000176. The number of hydrogen-bond donors (Lipinski definition) is 2. The van der Waals surface area contributed by atoms with Gasteiger partial charge in [-0.25, -0.2) is 13.8 Å². The lowest BCUT2D eigenvalue weighted by molar-refractivity contribution is -0.129. The van der Waals surface area contributed by atoms with Crippen LogP contribution in [0.5, 0.6) is 0 Å². The molecule has 176 valence electrons. The van der Waals surface area contributed by atoms with Gasteiger partial charge in [-0.05, 0) is 31.9 Å². The number of allylic oxidation sites excluding steroid dienone is 6. The number of likely N-dealkylation sites (tertiary alicyclic amines) is 1. The van der Waals surface area contributed by atoms with Gasteiger partial charge in [0.15, 0.2) is 11.7 Å². The number of hydrogen-bond acceptors (Lipinski definition) is 5. The lowest BCUT2D eigenvalue weighted by Gasteiger charge is -2.23. The monoisotopic (exact) mass is 468 g/mol. The van der Waals surface area contributed by atoms with Crippen LogP contribution in [0.4, 0.5) is 8.78 Å². The Hall–Kier alpha value is -2.45. The minimum Gasteiger partial charge on any atom is -0.391 e. The van der Waals surface area contributed by atoms with Gasteiger partial charge in [0.25, 0.3) is 0 Å². The molecule has 2 unspecified atom stereocenters. The Bertz CT molecular complexity index is 860. The van der Waals surface area contributed by atoms with Gasteiger partial charge in [0.2, 0.25) is 11.8 Å². The van der Waals surface area contributed by atoms with E-state index in [2.05, 4.69) is 22.4 Å². The topological polar surface area (TPSA) is 66.0 Å². The first-order chi connectivity index (χ1) is 15.3. The third-order valence-electron chi connectivity index (χ3n) is 5.02. The largest absolute Gasteiger partial charge is 0.391 e. The van der Waals surface area contributed by atoms with Gasteiger partial charge in [-0.1, -0.05) is 38.1 Å². The van der Waals surface area contributed by atoms with Gasteiger partial charge in [-0.15, -0.1) is 5.48 Å². The highest BCUT2D eigenvalue weighted by Crippen LogP contribution is 2.29. The SMILES string of the molecule is C=C(CC1=NC(C2CCCN(C3=CC(F)=C(F)C=CC3)C(=O)C2)NO1)N/C=C(\C)Cl.CC. The van der Waals surface area contributed by atoms with Crippen molar-refractivity contribution in [1.82, 2.24) is 15.7 Å². The summed E-state index contributed by atoms with van der Waals surface area (Å²) in [5, 5.41) is 3.56. The lowest BCUT2D eigenvalue weighted by Crippen LogP contribution is -2.34. The van der Waals surface area contributed by atoms with Crippen LogP contribution in [0, 0.1) is 5.92 Å². The van der Waals surface area contributed by atoms with Crippen molar-refractivity contribution in [1.29, 1.82) is 0 Å². The number of nitrogens with one attached hydrogen (secondary N) is 2. The molecule has 1 aliphatic carbocycles. The molecular formula is C23H31ClF2N4O2. The average Bonchev–Trinajstić information content (AvgIpc) is 3.05. The van der Waals surface area contributed by atoms with Crippen LogP contribution >= 0.6 is 11.6 Å². The van der Waals surface area contributed by atoms with Crippen molar-refractivity contribution in [3.05, 3.63) is 59.1 Å². The van der Waals surface area contributed by atoms with Gasteiger partial charge >= 0.3 is 0 Å². The van der Waals surface area contributed by atoms with E-state index in [0.717, 1.165) is 25.0 Å². The fourth-order valence-corrected chi connectivity index (χ4v) is 3.58. The van der Waals surface area contributed by atoms with Crippen LogP contribution in [0.1, 0.15) is 52.9 Å². The summed E-state index contributed by atoms with van der Waals surface area (Å²) in [6.45, 7) is 10.1. The first-order valence-corrected chi connectivity index (χ1v) is 11.2. The number of nitrogens with zero attached hydrogens (tertiary/aromatic N) is 2. The molecule has 2 aliphatic heterocycles. The molecule has 0 spiro atoms. The Kier molecular flexibility index (Phi) is 10.1. The van der Waals surface area contributed by atoms with Crippen LogP contribution in [-0.2, 0) is 9.63 Å². The van der Waals surface area contributed by atoms with Crippen molar-refractivity contribution in [3.8, 4) is 0 Å². The zero-order valence-electron chi connectivity index (χ0n) is 18.8. The highest BCUT2D eigenvalue weighted by Gasteiger charge is 2.33. The van der Waals surface area contributed by atoms with Crippen molar-refractivity contribution in [2.24, 2.45) is 10.9 Å². The minimum absolute atomic E-state index is 0.0646. The smallest absolute Gasteiger partial charge is 0.227 e. The van der Waals surface area contributed by atoms with Crippen molar-refractivity contribution >= 4 is 23.4 Å². The molecule has 1 amide bonds. The number of amides is 1. The van der Waals surface area contributed by atoms with E-state index < -0.39 is 11.7 Å². The first kappa shape index (κ1) is 25.8. The van der Waals surface area contributed by atoms with E-state index in [4.69, 9.17) is 16.4 Å². The third kappa shape index (κ3) is 7.31. The summed E-state index contributed by atoms with van der Waals surface area (Å²) in [5.41, 5.74) is 4.03. The Labute approximate surface area is 193 Å². The Morgan fingerprint density at radius 3 is 2.91 bits per heavy atom. The predicted octanol–water partition coefficient (Wildman–Crippen LogP) is 5.49. The zero-order chi connectivity index (χ0) is 23.7. The van der Waals surface area contributed by atoms with E-state index in [1.54, 1.807) is 18.0 Å². The average molecular weight is 469 g/mol. The number of rotatable bonds is 6. The van der Waals surface area contributed by atoms with Crippen molar-refractivity contribution in [3.63, 3.8) is 0 Å². The quantitative estimate of drug-likeness (QED) is 0.541. The number of halogens is 3. The van der Waals surface area contributed by atoms with E-state index in [9.17, 15) is 13.6 Å². The summed E-state index contributed by atoms with van der Waals surface area (Å²) in [6, 6.07) is 0. The summed E-state index contributed by atoms with van der Waals surface area (Å²) in [6.07, 6.45) is 7.40. The number of hydroxylamine groups is 1. The van der Waals surface area contributed by atoms with Crippen LogP contribution in [0.2, 0.25) is 0 Å². The standard InChI is InChI=1S/C21H25ClF2N4O2.C2H6/c1-13(22)12-25-14(2)9-19-26-21(27-30-19)15-5-4-8-28(20(29)10-15)16-6-3-7-17(23)18(24)11-16;1-2/h3,7,11-12,15,21,25,27H,2,4-6,8-10H2,1H3;1-2H3/b13-12+;. The molecule has 0 bridgehead atoms. The molecule has 2 atom stereocenters. The Morgan fingerprint density at radius 1 is 1.44 bits per heavy atom. The van der Waals surface area contributed by atoms with Crippen molar-refractivity contribution < 1.29 is 18.4 Å². The molecule has 0 radical (unpaired) electrons. The second-order valence-electron chi connectivity index (χ2n) is 7.43. The molecule has 1 saturated heterocycles. The van der Waals surface area contributed by atoms with Gasteiger partial charge in [0.05, 0.1) is 6.42 Å². The summed E-state index contributed by atoms with van der Waals surface area (Å²) in [4.78, 5) is 24.4. The van der Waals surface area contributed by atoms with Crippen LogP contribution in [0.25, 0.3) is 0 Å². The fraction of sp³-hybridized carbons (Fsp3) is 0.478. The highest BCUT2D eigenvalue weighted by molar-refractivity contribution is 6.29. The van der Waals surface area contributed by atoms with Crippen molar-refractivity contribution in [2.75, 3.05) is 6.54 Å². The second-order valence-corrected chi connectivity index (χ2v) is 8.03. The number of carbonyl (C=O) groups is 1.